The van der Waals surface area contributed by atoms with Crippen molar-refractivity contribution in [3.8, 4) is 17.1 Å². The Labute approximate surface area is 190 Å². The van der Waals surface area contributed by atoms with Gasteiger partial charge in [-0.1, -0.05) is 23.7 Å². The van der Waals surface area contributed by atoms with E-state index in [0.29, 0.717) is 36.2 Å². The summed E-state index contributed by atoms with van der Waals surface area (Å²) in [6, 6.07) is 12.7. The highest BCUT2D eigenvalue weighted by Crippen LogP contribution is 2.37. The van der Waals surface area contributed by atoms with Gasteiger partial charge in [0.15, 0.2) is 5.82 Å². The molecule has 0 aliphatic carbocycles. The average Bonchev–Trinajstić information content (AvgIpc) is 3.14. The summed E-state index contributed by atoms with van der Waals surface area (Å²) in [5, 5.41) is 20.9. The van der Waals surface area contributed by atoms with Crippen LogP contribution in [-0.2, 0) is 13.0 Å². The van der Waals surface area contributed by atoms with E-state index in [4.69, 9.17) is 16.3 Å². The molecule has 0 bridgehead atoms. The highest BCUT2D eigenvalue weighted by molar-refractivity contribution is 6.30. The molecule has 0 atom stereocenters. The molecule has 0 amide bonds. The van der Waals surface area contributed by atoms with Gasteiger partial charge in [-0.3, -0.25) is 10.1 Å². The molecule has 166 valence electrons. The second kappa shape index (κ2) is 8.88. The van der Waals surface area contributed by atoms with Crippen molar-refractivity contribution >= 4 is 17.3 Å². The quantitative estimate of drug-likeness (QED) is 0.422. The Morgan fingerprint density at radius 2 is 1.88 bits per heavy atom. The summed E-state index contributed by atoms with van der Waals surface area (Å²) in [4.78, 5) is 13.3. The first-order valence-electron chi connectivity index (χ1n) is 10.9. The Morgan fingerprint density at radius 3 is 2.62 bits per heavy atom. The lowest BCUT2D eigenvalue weighted by Crippen LogP contribution is -2.35. The zero-order valence-corrected chi connectivity index (χ0v) is 18.4. The number of benzene rings is 2. The van der Waals surface area contributed by atoms with Gasteiger partial charge in [0.2, 0.25) is 0 Å². The van der Waals surface area contributed by atoms with E-state index in [1.165, 1.54) is 17.7 Å². The number of fused-ring (bicyclic) bond motifs is 3. The molecule has 1 saturated heterocycles. The largest absolute Gasteiger partial charge is 0.491 e. The van der Waals surface area contributed by atoms with E-state index in [-0.39, 0.29) is 5.69 Å². The van der Waals surface area contributed by atoms with Gasteiger partial charge in [-0.05, 0) is 56.1 Å². The fourth-order valence-electron chi connectivity index (χ4n) is 4.57. The summed E-state index contributed by atoms with van der Waals surface area (Å²) in [5.74, 6) is 2.55. The standard InChI is InChI=1S/C23H24ClN5O3/c24-18-3-1-16(2-4-18)7-10-27-11-8-17(9-12-27)22-25-26-23-20-15-19(29(30)31)5-6-21(20)32-14-13-28(22)23/h1-6,15,17H,7-14H2. The van der Waals surface area contributed by atoms with Crippen LogP contribution < -0.4 is 4.74 Å². The number of hydrogen-bond acceptors (Lipinski definition) is 6. The normalized spacial score (nSPS) is 16.7. The highest BCUT2D eigenvalue weighted by Gasteiger charge is 2.29. The van der Waals surface area contributed by atoms with Gasteiger partial charge in [-0.2, -0.15) is 0 Å². The minimum absolute atomic E-state index is 0.0272. The first-order chi connectivity index (χ1) is 15.6. The highest BCUT2D eigenvalue weighted by atomic mass is 35.5. The van der Waals surface area contributed by atoms with Crippen LogP contribution in [-0.4, -0.2) is 50.8 Å². The van der Waals surface area contributed by atoms with Crippen LogP contribution in [0.4, 0.5) is 5.69 Å². The van der Waals surface area contributed by atoms with E-state index < -0.39 is 4.92 Å². The minimum Gasteiger partial charge on any atom is -0.491 e. The van der Waals surface area contributed by atoms with Crippen molar-refractivity contribution in [3.05, 3.63) is 69.0 Å². The van der Waals surface area contributed by atoms with Crippen LogP contribution in [0.25, 0.3) is 11.4 Å². The molecule has 5 rings (SSSR count). The summed E-state index contributed by atoms with van der Waals surface area (Å²) < 4.78 is 7.92. The molecule has 2 aromatic carbocycles. The number of hydrogen-bond donors (Lipinski definition) is 0. The van der Waals surface area contributed by atoms with Crippen molar-refractivity contribution in [3.63, 3.8) is 0 Å². The molecule has 1 aromatic heterocycles. The summed E-state index contributed by atoms with van der Waals surface area (Å²) in [6.45, 7) is 4.18. The number of nitrogens with zero attached hydrogens (tertiary/aromatic N) is 5. The molecule has 2 aliphatic heterocycles. The average molecular weight is 454 g/mol. The van der Waals surface area contributed by atoms with Crippen molar-refractivity contribution in [1.29, 1.82) is 0 Å². The number of rotatable bonds is 5. The number of piperidine rings is 1. The molecule has 8 nitrogen and oxygen atoms in total. The number of nitro benzene ring substituents is 1. The number of likely N-dealkylation sites (tertiary alicyclic amines) is 1. The van der Waals surface area contributed by atoms with Crippen LogP contribution in [0.2, 0.25) is 5.02 Å². The maximum atomic E-state index is 11.2. The van der Waals surface area contributed by atoms with Gasteiger partial charge in [-0.25, -0.2) is 0 Å². The van der Waals surface area contributed by atoms with Crippen LogP contribution in [0.3, 0.4) is 0 Å². The van der Waals surface area contributed by atoms with Crippen molar-refractivity contribution < 1.29 is 9.66 Å². The molecule has 32 heavy (non-hydrogen) atoms. The Bertz CT molecular complexity index is 1120. The van der Waals surface area contributed by atoms with Gasteiger partial charge >= 0.3 is 0 Å². The monoisotopic (exact) mass is 453 g/mol. The third-order valence-electron chi connectivity index (χ3n) is 6.35. The SMILES string of the molecule is O=[N+]([O-])c1ccc2c(c1)-c1nnc(C3CCN(CCc4ccc(Cl)cc4)CC3)n1CCO2. The Kier molecular flexibility index (Phi) is 5.80. The van der Waals surface area contributed by atoms with E-state index in [1.54, 1.807) is 6.07 Å². The van der Waals surface area contributed by atoms with Crippen LogP contribution in [0, 0.1) is 10.1 Å². The molecule has 3 heterocycles. The van der Waals surface area contributed by atoms with Crippen LogP contribution in [0.5, 0.6) is 5.75 Å². The molecule has 0 radical (unpaired) electrons. The first kappa shape index (κ1) is 20.9. The topological polar surface area (TPSA) is 86.3 Å². The van der Waals surface area contributed by atoms with E-state index in [0.717, 1.165) is 49.7 Å². The summed E-state index contributed by atoms with van der Waals surface area (Å²) in [6.07, 6.45) is 3.04. The maximum absolute atomic E-state index is 11.2. The molecule has 9 heteroatoms. The molecule has 2 aliphatic rings. The molecule has 3 aromatic rings. The van der Waals surface area contributed by atoms with Gasteiger partial charge in [-0.15, -0.1) is 10.2 Å². The fourth-order valence-corrected chi connectivity index (χ4v) is 4.69. The number of nitro groups is 1. The summed E-state index contributed by atoms with van der Waals surface area (Å²) in [5.41, 5.74) is 1.96. The molecule has 1 fully saturated rings. The lowest BCUT2D eigenvalue weighted by Gasteiger charge is -2.31. The third-order valence-corrected chi connectivity index (χ3v) is 6.60. The Balaban J connectivity index is 1.28. The summed E-state index contributed by atoms with van der Waals surface area (Å²) in [7, 11) is 0. The predicted molar refractivity (Wildman–Crippen MR) is 121 cm³/mol. The number of halogens is 1. The Morgan fingerprint density at radius 1 is 1.09 bits per heavy atom. The molecule has 0 saturated carbocycles. The zero-order chi connectivity index (χ0) is 22.1. The van der Waals surface area contributed by atoms with Crippen molar-refractivity contribution in [2.45, 2.75) is 31.7 Å². The lowest BCUT2D eigenvalue weighted by atomic mass is 9.95. The maximum Gasteiger partial charge on any atom is 0.270 e. The van der Waals surface area contributed by atoms with Gasteiger partial charge < -0.3 is 14.2 Å². The number of ether oxygens (including phenoxy) is 1. The fraction of sp³-hybridized carbons (Fsp3) is 0.391. The van der Waals surface area contributed by atoms with Gasteiger partial charge in [0.25, 0.3) is 5.69 Å². The smallest absolute Gasteiger partial charge is 0.270 e. The van der Waals surface area contributed by atoms with E-state index in [1.807, 2.05) is 12.1 Å². The zero-order valence-electron chi connectivity index (χ0n) is 17.6. The van der Waals surface area contributed by atoms with Gasteiger partial charge in [0.05, 0.1) is 17.0 Å². The second-order valence-corrected chi connectivity index (χ2v) is 8.75. The van der Waals surface area contributed by atoms with Crippen LogP contribution >= 0.6 is 11.6 Å². The lowest BCUT2D eigenvalue weighted by molar-refractivity contribution is -0.384. The van der Waals surface area contributed by atoms with E-state index in [2.05, 4.69) is 31.8 Å². The molecule has 0 unspecified atom stereocenters. The van der Waals surface area contributed by atoms with Crippen LogP contribution in [0.15, 0.2) is 42.5 Å². The van der Waals surface area contributed by atoms with E-state index in [9.17, 15) is 10.1 Å². The molecular weight excluding hydrogens is 430 g/mol. The van der Waals surface area contributed by atoms with Crippen molar-refractivity contribution in [2.24, 2.45) is 0 Å². The molecule has 0 spiro atoms. The second-order valence-electron chi connectivity index (χ2n) is 8.31. The van der Waals surface area contributed by atoms with Gasteiger partial charge in [0.1, 0.15) is 18.2 Å². The van der Waals surface area contributed by atoms with E-state index >= 15 is 0 Å². The van der Waals surface area contributed by atoms with Crippen LogP contribution in [0.1, 0.15) is 30.1 Å². The Hall–Kier alpha value is -2.97. The summed E-state index contributed by atoms with van der Waals surface area (Å²) >= 11 is 5.97. The predicted octanol–water partition coefficient (Wildman–Crippen LogP) is 4.32. The van der Waals surface area contributed by atoms with Gasteiger partial charge in [0, 0.05) is 29.6 Å². The minimum atomic E-state index is -0.396. The third kappa shape index (κ3) is 4.20. The number of non-ortho nitro benzene ring substituents is 1. The molecule has 0 N–H and O–H groups in total. The van der Waals surface area contributed by atoms with Crippen molar-refractivity contribution in [1.82, 2.24) is 19.7 Å². The van der Waals surface area contributed by atoms with Crippen molar-refractivity contribution in [2.75, 3.05) is 26.2 Å². The number of aromatic nitrogens is 3. The first-order valence-corrected chi connectivity index (χ1v) is 11.3. The molecular formula is C23H24ClN5O3.